The van der Waals surface area contributed by atoms with Gasteiger partial charge in [0.05, 0.1) is 0 Å². The van der Waals surface area contributed by atoms with Gasteiger partial charge in [-0.25, -0.2) is 0 Å². The van der Waals surface area contributed by atoms with Crippen molar-refractivity contribution >= 4 is 0 Å². The van der Waals surface area contributed by atoms with E-state index in [0.29, 0.717) is 25.7 Å². The number of alkyl halides is 3. The molecule has 0 amide bonds. The summed E-state index contributed by atoms with van der Waals surface area (Å²) < 4.78 is 37.3. The SMILES string of the molecule is OC(C1CC1)(C1CC1)C(F)(F)F. The third-order valence-corrected chi connectivity index (χ3v) is 2.85. The molecular weight excluding hydrogens is 169 g/mol. The highest BCUT2D eigenvalue weighted by atomic mass is 19.4. The fraction of sp³-hybridized carbons (Fsp3) is 1.00. The molecule has 0 heterocycles. The van der Waals surface area contributed by atoms with E-state index in [2.05, 4.69) is 0 Å². The smallest absolute Gasteiger partial charge is 0.380 e. The highest BCUT2D eigenvalue weighted by molar-refractivity contribution is 5.08. The molecule has 0 aromatic carbocycles. The predicted octanol–water partition coefficient (Wildman–Crippen LogP) is 2.10. The third kappa shape index (κ3) is 1.04. The van der Waals surface area contributed by atoms with Crippen LogP contribution in [0.3, 0.4) is 0 Å². The fourth-order valence-corrected chi connectivity index (χ4v) is 1.84. The van der Waals surface area contributed by atoms with Gasteiger partial charge in [0.2, 0.25) is 0 Å². The molecule has 0 unspecified atom stereocenters. The first-order valence-electron chi connectivity index (χ1n) is 4.25. The van der Waals surface area contributed by atoms with E-state index in [4.69, 9.17) is 0 Å². The molecule has 0 bridgehead atoms. The first-order valence-corrected chi connectivity index (χ1v) is 4.25. The van der Waals surface area contributed by atoms with E-state index in [1.165, 1.54) is 0 Å². The van der Waals surface area contributed by atoms with Crippen molar-refractivity contribution in [2.75, 3.05) is 0 Å². The van der Waals surface area contributed by atoms with Crippen molar-refractivity contribution in [3.63, 3.8) is 0 Å². The second-order valence-electron chi connectivity index (χ2n) is 3.87. The lowest BCUT2D eigenvalue weighted by molar-refractivity contribution is -0.277. The summed E-state index contributed by atoms with van der Waals surface area (Å²) in [6, 6.07) is 0. The van der Waals surface area contributed by atoms with Crippen LogP contribution in [0.15, 0.2) is 0 Å². The lowest BCUT2D eigenvalue weighted by Gasteiger charge is -2.30. The molecule has 0 spiro atoms. The topological polar surface area (TPSA) is 20.2 Å². The Hall–Kier alpha value is -0.250. The Bertz CT molecular complexity index is 179. The largest absolute Gasteiger partial charge is 0.417 e. The van der Waals surface area contributed by atoms with Gasteiger partial charge >= 0.3 is 6.18 Å². The van der Waals surface area contributed by atoms with Crippen molar-refractivity contribution < 1.29 is 18.3 Å². The maximum Gasteiger partial charge on any atom is 0.417 e. The molecular formula is C8H11F3O. The number of aliphatic hydroxyl groups is 1. The Balaban J connectivity index is 2.20. The standard InChI is InChI=1S/C8H11F3O/c9-8(10,11)7(12,5-1-2-5)6-3-4-6/h5-6,12H,1-4H2. The monoisotopic (exact) mass is 180 g/mol. The summed E-state index contributed by atoms with van der Waals surface area (Å²) in [4.78, 5) is 0. The van der Waals surface area contributed by atoms with Crippen LogP contribution in [0, 0.1) is 11.8 Å². The Morgan fingerprint density at radius 1 is 0.917 bits per heavy atom. The molecule has 2 aliphatic rings. The van der Waals surface area contributed by atoms with Crippen LogP contribution in [0.2, 0.25) is 0 Å². The second kappa shape index (κ2) is 2.16. The van der Waals surface area contributed by atoms with Gasteiger partial charge in [-0.1, -0.05) is 0 Å². The van der Waals surface area contributed by atoms with Crippen LogP contribution in [0.4, 0.5) is 13.2 Å². The number of hydrogen-bond acceptors (Lipinski definition) is 1. The van der Waals surface area contributed by atoms with Crippen molar-refractivity contribution in [1.29, 1.82) is 0 Å². The Morgan fingerprint density at radius 2 is 1.25 bits per heavy atom. The van der Waals surface area contributed by atoms with Crippen LogP contribution in [-0.2, 0) is 0 Å². The lowest BCUT2D eigenvalue weighted by atomic mass is 9.91. The van der Waals surface area contributed by atoms with Gasteiger partial charge in [-0.05, 0) is 37.5 Å². The molecule has 0 saturated heterocycles. The molecule has 0 aliphatic heterocycles. The maximum atomic E-state index is 12.4. The van der Waals surface area contributed by atoms with Gasteiger partial charge in [-0.15, -0.1) is 0 Å². The zero-order chi connectivity index (χ0) is 8.98. The number of halogens is 3. The average Bonchev–Trinajstić information content (AvgIpc) is 2.79. The van der Waals surface area contributed by atoms with Gasteiger partial charge in [-0.3, -0.25) is 0 Å². The Kier molecular flexibility index (Phi) is 1.50. The molecule has 1 nitrogen and oxygen atoms in total. The average molecular weight is 180 g/mol. The molecule has 2 saturated carbocycles. The Labute approximate surface area is 68.6 Å². The first-order chi connectivity index (χ1) is 5.46. The lowest BCUT2D eigenvalue weighted by Crippen LogP contribution is -2.49. The van der Waals surface area contributed by atoms with Crippen molar-refractivity contribution in [3.8, 4) is 0 Å². The van der Waals surface area contributed by atoms with Crippen molar-refractivity contribution in [2.24, 2.45) is 11.8 Å². The summed E-state index contributed by atoms with van der Waals surface area (Å²) >= 11 is 0. The number of hydrogen-bond donors (Lipinski definition) is 1. The molecule has 2 aliphatic carbocycles. The molecule has 2 rings (SSSR count). The molecule has 0 radical (unpaired) electrons. The van der Waals surface area contributed by atoms with Crippen LogP contribution >= 0.6 is 0 Å². The van der Waals surface area contributed by atoms with Crippen molar-refractivity contribution in [3.05, 3.63) is 0 Å². The number of rotatable bonds is 2. The van der Waals surface area contributed by atoms with Gasteiger partial charge < -0.3 is 5.11 Å². The quantitative estimate of drug-likeness (QED) is 0.689. The zero-order valence-electron chi connectivity index (χ0n) is 6.56. The minimum Gasteiger partial charge on any atom is -0.380 e. The van der Waals surface area contributed by atoms with E-state index in [0.717, 1.165) is 0 Å². The highest BCUT2D eigenvalue weighted by Crippen LogP contribution is 2.58. The molecule has 70 valence electrons. The first kappa shape index (κ1) is 8.35. The van der Waals surface area contributed by atoms with E-state index in [1.807, 2.05) is 0 Å². The van der Waals surface area contributed by atoms with Gasteiger partial charge in [0.1, 0.15) is 0 Å². The minimum absolute atomic E-state index is 0.509. The normalized spacial score (nSPS) is 26.0. The van der Waals surface area contributed by atoms with Crippen LogP contribution < -0.4 is 0 Å². The van der Waals surface area contributed by atoms with E-state index in [1.54, 1.807) is 0 Å². The summed E-state index contributed by atoms with van der Waals surface area (Å²) in [5.74, 6) is -1.02. The highest BCUT2D eigenvalue weighted by Gasteiger charge is 2.67. The predicted molar refractivity (Wildman–Crippen MR) is 36.5 cm³/mol. The Morgan fingerprint density at radius 3 is 1.42 bits per heavy atom. The van der Waals surface area contributed by atoms with Gasteiger partial charge in [0.15, 0.2) is 5.60 Å². The molecule has 0 atom stereocenters. The zero-order valence-corrected chi connectivity index (χ0v) is 6.56. The molecule has 2 fully saturated rings. The fourth-order valence-electron chi connectivity index (χ4n) is 1.84. The molecule has 4 heteroatoms. The molecule has 0 aromatic heterocycles. The van der Waals surface area contributed by atoms with Gasteiger partial charge in [-0.2, -0.15) is 13.2 Å². The third-order valence-electron chi connectivity index (χ3n) is 2.85. The van der Waals surface area contributed by atoms with E-state index in [9.17, 15) is 18.3 Å². The van der Waals surface area contributed by atoms with Gasteiger partial charge in [0, 0.05) is 0 Å². The van der Waals surface area contributed by atoms with Crippen LogP contribution in [0.5, 0.6) is 0 Å². The minimum atomic E-state index is -4.42. The van der Waals surface area contributed by atoms with Crippen molar-refractivity contribution in [2.45, 2.75) is 37.5 Å². The summed E-state index contributed by atoms with van der Waals surface area (Å²) in [5, 5.41) is 9.50. The van der Waals surface area contributed by atoms with Crippen molar-refractivity contribution in [1.82, 2.24) is 0 Å². The van der Waals surface area contributed by atoms with E-state index in [-0.39, 0.29) is 0 Å². The molecule has 12 heavy (non-hydrogen) atoms. The molecule has 1 N–H and O–H groups in total. The van der Waals surface area contributed by atoms with E-state index < -0.39 is 23.6 Å². The summed E-state index contributed by atoms with van der Waals surface area (Å²) in [6.45, 7) is 0. The van der Waals surface area contributed by atoms with Crippen LogP contribution in [0.25, 0.3) is 0 Å². The van der Waals surface area contributed by atoms with Gasteiger partial charge in [0.25, 0.3) is 0 Å². The summed E-state index contributed by atoms with van der Waals surface area (Å²) in [5.41, 5.74) is -2.34. The second-order valence-corrected chi connectivity index (χ2v) is 3.87. The summed E-state index contributed by atoms with van der Waals surface area (Å²) in [6.07, 6.45) is -2.28. The van der Waals surface area contributed by atoms with Crippen LogP contribution in [-0.4, -0.2) is 16.9 Å². The van der Waals surface area contributed by atoms with E-state index >= 15 is 0 Å². The maximum absolute atomic E-state index is 12.4. The summed E-state index contributed by atoms with van der Waals surface area (Å²) in [7, 11) is 0. The molecule has 0 aromatic rings. The van der Waals surface area contributed by atoms with Crippen LogP contribution in [0.1, 0.15) is 25.7 Å².